The number of ether oxygens (including phenoxy) is 2. The van der Waals surface area contributed by atoms with Crippen LogP contribution >= 0.6 is 11.6 Å². The van der Waals surface area contributed by atoms with Crippen molar-refractivity contribution in [3.05, 3.63) is 106 Å². The zero-order valence-electron chi connectivity index (χ0n) is 23.4. The topological polar surface area (TPSA) is 89.0 Å². The van der Waals surface area contributed by atoms with E-state index >= 15 is 0 Å². The highest BCUT2D eigenvalue weighted by Crippen LogP contribution is 2.34. The number of aryl methyl sites for hydroxylation is 1. The van der Waals surface area contributed by atoms with Gasteiger partial charge in [0.25, 0.3) is 11.8 Å². The van der Waals surface area contributed by atoms with Gasteiger partial charge in [-0.2, -0.15) is 5.10 Å². The molecule has 0 spiro atoms. The lowest BCUT2D eigenvalue weighted by atomic mass is 10.0. The number of allylic oxidation sites excluding steroid dienone is 1. The molecule has 0 aliphatic rings. The van der Waals surface area contributed by atoms with Gasteiger partial charge >= 0.3 is 0 Å². The second-order valence-electron chi connectivity index (χ2n) is 9.62. The Morgan fingerprint density at radius 1 is 1.07 bits per heavy atom. The number of benzene rings is 3. The molecule has 0 aliphatic carbocycles. The van der Waals surface area contributed by atoms with Crippen molar-refractivity contribution in [2.75, 3.05) is 6.61 Å². The molecule has 0 saturated carbocycles. The molecular weight excluding hydrogens is 526 g/mol. The van der Waals surface area contributed by atoms with Gasteiger partial charge in [0.2, 0.25) is 0 Å². The molecule has 3 rings (SSSR count). The van der Waals surface area contributed by atoms with Gasteiger partial charge < -0.3 is 14.8 Å². The maximum Gasteiger partial charge on any atom is 0.262 e. The van der Waals surface area contributed by atoms with E-state index < -0.39 is 17.9 Å². The minimum Gasteiger partial charge on any atom is -0.490 e. The van der Waals surface area contributed by atoms with Crippen LogP contribution in [0.1, 0.15) is 53.4 Å². The van der Waals surface area contributed by atoms with Crippen molar-refractivity contribution in [2.45, 2.75) is 46.8 Å². The van der Waals surface area contributed by atoms with Crippen molar-refractivity contribution in [3.63, 3.8) is 0 Å². The van der Waals surface area contributed by atoms with Gasteiger partial charge in [-0.25, -0.2) is 5.43 Å². The number of halogens is 1. The van der Waals surface area contributed by atoms with Crippen LogP contribution in [-0.2, 0) is 17.8 Å². The lowest BCUT2D eigenvalue weighted by molar-refractivity contribution is -0.123. The average molecular weight is 562 g/mol. The van der Waals surface area contributed by atoms with E-state index in [1.807, 2.05) is 64.1 Å². The van der Waals surface area contributed by atoms with E-state index in [2.05, 4.69) is 22.4 Å². The molecule has 3 aromatic carbocycles. The first-order valence-corrected chi connectivity index (χ1v) is 13.6. The molecule has 7 nitrogen and oxygen atoms in total. The highest BCUT2D eigenvalue weighted by molar-refractivity contribution is 6.33. The highest BCUT2D eigenvalue weighted by atomic mass is 35.5. The predicted molar refractivity (Wildman–Crippen MR) is 160 cm³/mol. The molecule has 1 unspecified atom stereocenters. The number of nitrogens with zero attached hydrogens (tertiary/aromatic N) is 1. The molecular formula is C32H36ClN3O4. The summed E-state index contributed by atoms with van der Waals surface area (Å²) in [6.45, 7) is 12.3. The average Bonchev–Trinajstić information content (AvgIpc) is 2.92. The Morgan fingerprint density at radius 2 is 1.80 bits per heavy atom. The molecule has 0 radical (unpaired) electrons. The van der Waals surface area contributed by atoms with Gasteiger partial charge in [-0.05, 0) is 61.6 Å². The van der Waals surface area contributed by atoms with Crippen LogP contribution in [0.2, 0.25) is 5.02 Å². The van der Waals surface area contributed by atoms with Gasteiger partial charge in [-0.3, -0.25) is 9.59 Å². The number of hydrazone groups is 1. The summed E-state index contributed by atoms with van der Waals surface area (Å²) in [4.78, 5) is 25.7. The fourth-order valence-corrected chi connectivity index (χ4v) is 4.19. The third-order valence-electron chi connectivity index (χ3n) is 6.06. The van der Waals surface area contributed by atoms with Crippen molar-refractivity contribution < 1.29 is 19.1 Å². The lowest BCUT2D eigenvalue weighted by Gasteiger charge is -2.20. The fourth-order valence-electron chi connectivity index (χ4n) is 3.97. The van der Waals surface area contributed by atoms with Gasteiger partial charge in [-0.15, -0.1) is 6.58 Å². The molecule has 0 aliphatic heterocycles. The number of carbonyl (C=O) groups excluding carboxylic acids is 2. The Morgan fingerprint density at radius 3 is 2.45 bits per heavy atom. The van der Waals surface area contributed by atoms with E-state index in [-0.39, 0.29) is 5.92 Å². The second kappa shape index (κ2) is 14.9. The summed E-state index contributed by atoms with van der Waals surface area (Å²) in [7, 11) is 0. The third kappa shape index (κ3) is 8.45. The van der Waals surface area contributed by atoms with Crippen LogP contribution in [0.3, 0.4) is 0 Å². The van der Waals surface area contributed by atoms with E-state index in [1.165, 1.54) is 11.8 Å². The Hall–Kier alpha value is -4.10. The normalized spacial score (nSPS) is 11.8. The van der Waals surface area contributed by atoms with Crippen LogP contribution in [0.25, 0.3) is 0 Å². The summed E-state index contributed by atoms with van der Waals surface area (Å²) >= 11 is 6.14. The first kappa shape index (κ1) is 30.4. The molecule has 1 atom stereocenters. The van der Waals surface area contributed by atoms with Crippen LogP contribution in [-0.4, -0.2) is 30.7 Å². The smallest absolute Gasteiger partial charge is 0.262 e. The van der Waals surface area contributed by atoms with Crippen molar-refractivity contribution in [2.24, 2.45) is 11.0 Å². The van der Waals surface area contributed by atoms with E-state index in [9.17, 15) is 9.59 Å². The number of nitrogens with one attached hydrogen (secondary N) is 2. The molecule has 210 valence electrons. The summed E-state index contributed by atoms with van der Waals surface area (Å²) in [6, 6.07) is 17.8. The molecule has 0 aromatic heterocycles. The minimum atomic E-state index is -0.811. The lowest BCUT2D eigenvalue weighted by Crippen LogP contribution is -2.48. The molecule has 2 N–H and O–H groups in total. The Kier molecular flexibility index (Phi) is 11.3. The standard InChI is InChI=1S/C32H36ClN3O4/c1-6-10-25-17-24(18-28(39-7-2)30(25)40-20-23-15-13-22(5)14-16-23)19-34-36-32(38)29(21(3)4)35-31(37)26-11-8-9-12-27(26)33/h6,8-9,11-19,21,29H,1,7,10,20H2,2-5H3,(H,35,37)(H,36,38). The van der Waals surface area contributed by atoms with Crippen molar-refractivity contribution in [3.8, 4) is 11.5 Å². The van der Waals surface area contributed by atoms with Crippen LogP contribution in [0, 0.1) is 12.8 Å². The maximum atomic E-state index is 12.9. The number of amides is 2. The van der Waals surface area contributed by atoms with E-state index in [1.54, 1.807) is 30.3 Å². The number of carbonyl (C=O) groups is 2. The zero-order chi connectivity index (χ0) is 29.1. The Bertz CT molecular complexity index is 1350. The zero-order valence-corrected chi connectivity index (χ0v) is 24.1. The molecule has 0 heterocycles. The van der Waals surface area contributed by atoms with Gasteiger partial charge in [0.05, 0.1) is 23.4 Å². The van der Waals surface area contributed by atoms with Gasteiger partial charge in [-0.1, -0.05) is 73.5 Å². The molecule has 0 fully saturated rings. The summed E-state index contributed by atoms with van der Waals surface area (Å²) < 4.78 is 12.1. The van der Waals surface area contributed by atoms with Crippen LogP contribution < -0.4 is 20.2 Å². The number of hydrogen-bond acceptors (Lipinski definition) is 5. The van der Waals surface area contributed by atoms with E-state index in [0.717, 1.165) is 11.1 Å². The molecule has 8 heteroatoms. The molecule has 2 amide bonds. The second-order valence-corrected chi connectivity index (χ2v) is 10.0. The van der Waals surface area contributed by atoms with E-state index in [0.29, 0.717) is 47.3 Å². The minimum absolute atomic E-state index is 0.185. The Labute approximate surface area is 241 Å². The first-order chi connectivity index (χ1) is 19.2. The fraction of sp³-hybridized carbons (Fsp3) is 0.281. The van der Waals surface area contributed by atoms with Crippen LogP contribution in [0.5, 0.6) is 11.5 Å². The number of rotatable bonds is 13. The first-order valence-electron chi connectivity index (χ1n) is 13.2. The van der Waals surface area contributed by atoms with Crippen LogP contribution in [0.15, 0.2) is 78.4 Å². The largest absolute Gasteiger partial charge is 0.490 e. The van der Waals surface area contributed by atoms with Crippen LogP contribution in [0.4, 0.5) is 0 Å². The quantitative estimate of drug-likeness (QED) is 0.146. The SMILES string of the molecule is C=CCc1cc(C=NNC(=O)C(NC(=O)c2ccccc2Cl)C(C)C)cc(OCC)c1OCc1ccc(C)cc1. The molecule has 0 bridgehead atoms. The highest BCUT2D eigenvalue weighted by Gasteiger charge is 2.25. The monoisotopic (exact) mass is 561 g/mol. The van der Waals surface area contributed by atoms with Gasteiger partial charge in [0.15, 0.2) is 11.5 Å². The van der Waals surface area contributed by atoms with Crippen molar-refractivity contribution >= 4 is 29.6 Å². The van der Waals surface area contributed by atoms with E-state index in [4.69, 9.17) is 21.1 Å². The Balaban J connectivity index is 1.76. The predicted octanol–water partition coefficient (Wildman–Crippen LogP) is 6.26. The maximum absolute atomic E-state index is 12.9. The summed E-state index contributed by atoms with van der Waals surface area (Å²) in [5.74, 6) is 0.163. The molecule has 3 aromatic rings. The summed E-state index contributed by atoms with van der Waals surface area (Å²) in [5, 5.41) is 7.22. The van der Waals surface area contributed by atoms with Gasteiger partial charge in [0, 0.05) is 5.56 Å². The molecule has 40 heavy (non-hydrogen) atoms. The summed E-state index contributed by atoms with van der Waals surface area (Å²) in [6.07, 6.45) is 3.88. The van der Waals surface area contributed by atoms with Crippen molar-refractivity contribution in [1.29, 1.82) is 0 Å². The molecule has 0 saturated heterocycles. The van der Waals surface area contributed by atoms with Gasteiger partial charge in [0.1, 0.15) is 12.6 Å². The third-order valence-corrected chi connectivity index (χ3v) is 6.39. The van der Waals surface area contributed by atoms with Crippen molar-refractivity contribution in [1.82, 2.24) is 10.7 Å². The number of hydrogen-bond donors (Lipinski definition) is 2. The summed E-state index contributed by atoms with van der Waals surface area (Å²) in [5.41, 5.74) is 6.67.